The van der Waals surface area contributed by atoms with Crippen LogP contribution < -0.4 is 20.9 Å². The highest BCUT2D eigenvalue weighted by molar-refractivity contribution is 7.80. The second-order valence-corrected chi connectivity index (χ2v) is 6.74. The number of benzene rings is 3. The third kappa shape index (κ3) is 5.44. The van der Waals surface area contributed by atoms with Crippen molar-refractivity contribution in [3.63, 3.8) is 0 Å². The van der Waals surface area contributed by atoms with Crippen molar-refractivity contribution >= 4 is 34.0 Å². The number of thiocarbonyl (C=S) groups is 1. The van der Waals surface area contributed by atoms with E-state index in [1.54, 1.807) is 12.1 Å². The molecule has 0 aliphatic carbocycles. The van der Waals surface area contributed by atoms with E-state index in [9.17, 15) is 4.79 Å². The summed E-state index contributed by atoms with van der Waals surface area (Å²) in [5.74, 6) is 0.570. The number of nitrogens with one attached hydrogen (secondary N) is 3. The van der Waals surface area contributed by atoms with Crippen LogP contribution in [-0.2, 0) is 6.61 Å². The Kier molecular flexibility index (Phi) is 6.81. The lowest BCUT2D eigenvalue weighted by Gasteiger charge is -2.11. The highest BCUT2D eigenvalue weighted by Gasteiger charge is 2.06. The Morgan fingerprint density at radius 3 is 2.46 bits per heavy atom. The van der Waals surface area contributed by atoms with Crippen molar-refractivity contribution < 1.29 is 9.53 Å². The summed E-state index contributed by atoms with van der Waals surface area (Å²) >= 11 is 5.07. The molecule has 0 heterocycles. The van der Waals surface area contributed by atoms with E-state index in [0.29, 0.717) is 17.3 Å². The number of hydrogen-bond acceptors (Lipinski definition) is 3. The predicted molar refractivity (Wildman–Crippen MR) is 116 cm³/mol. The number of carbonyl (C=O) groups excluding carboxylic acids is 1. The monoisotopic (exact) mass is 393 g/mol. The largest absolute Gasteiger partial charge is 0.489 e. The normalized spacial score (nSPS) is 10.3. The van der Waals surface area contributed by atoms with Gasteiger partial charge >= 0.3 is 0 Å². The van der Waals surface area contributed by atoms with E-state index in [0.717, 1.165) is 29.7 Å². The van der Waals surface area contributed by atoms with Crippen molar-refractivity contribution in [1.82, 2.24) is 16.2 Å². The predicted octanol–water partition coefficient (Wildman–Crippen LogP) is 3.94. The summed E-state index contributed by atoms with van der Waals surface area (Å²) in [6.07, 6.45) is 0.957. The van der Waals surface area contributed by atoms with Gasteiger partial charge in [0.15, 0.2) is 5.11 Å². The second kappa shape index (κ2) is 9.71. The summed E-state index contributed by atoms with van der Waals surface area (Å²) in [6, 6.07) is 21.5. The highest BCUT2D eigenvalue weighted by Crippen LogP contribution is 2.21. The molecule has 0 saturated carbocycles. The average molecular weight is 394 g/mol. The van der Waals surface area contributed by atoms with Crippen LogP contribution in [0.15, 0.2) is 66.7 Å². The Morgan fingerprint density at radius 1 is 0.964 bits per heavy atom. The van der Waals surface area contributed by atoms with Gasteiger partial charge in [0, 0.05) is 12.1 Å². The molecular weight excluding hydrogens is 370 g/mol. The maximum absolute atomic E-state index is 12.1. The van der Waals surface area contributed by atoms with Crippen molar-refractivity contribution in [2.75, 3.05) is 6.54 Å². The fourth-order valence-corrected chi connectivity index (χ4v) is 2.80. The van der Waals surface area contributed by atoms with Gasteiger partial charge in [0.05, 0.1) is 0 Å². The Balaban J connectivity index is 1.52. The summed E-state index contributed by atoms with van der Waals surface area (Å²) < 4.78 is 5.88. The minimum atomic E-state index is -0.248. The first-order valence-electron chi connectivity index (χ1n) is 9.20. The highest BCUT2D eigenvalue weighted by atomic mass is 32.1. The first kappa shape index (κ1) is 19.6. The van der Waals surface area contributed by atoms with Gasteiger partial charge in [-0.1, -0.05) is 49.4 Å². The van der Waals surface area contributed by atoms with Crippen molar-refractivity contribution in [1.29, 1.82) is 0 Å². The Labute approximate surface area is 170 Å². The number of hydrogen-bond donors (Lipinski definition) is 3. The first-order valence-corrected chi connectivity index (χ1v) is 9.61. The molecule has 3 N–H and O–H groups in total. The number of fused-ring (bicyclic) bond motifs is 1. The van der Waals surface area contributed by atoms with Crippen LogP contribution in [0, 0.1) is 0 Å². The van der Waals surface area contributed by atoms with Gasteiger partial charge in [0.25, 0.3) is 5.91 Å². The van der Waals surface area contributed by atoms with Crippen LogP contribution in [0.5, 0.6) is 5.75 Å². The first-order chi connectivity index (χ1) is 13.7. The SMILES string of the molecule is CCCNC(=S)NNC(=O)c1ccc(COc2ccc3ccccc3c2)cc1. The summed E-state index contributed by atoms with van der Waals surface area (Å²) in [4.78, 5) is 12.1. The zero-order valence-corrected chi connectivity index (χ0v) is 16.5. The molecule has 3 aromatic carbocycles. The van der Waals surface area contributed by atoms with Crippen LogP contribution in [0.3, 0.4) is 0 Å². The zero-order chi connectivity index (χ0) is 19.8. The molecule has 28 heavy (non-hydrogen) atoms. The lowest BCUT2D eigenvalue weighted by atomic mass is 10.1. The van der Waals surface area contributed by atoms with Gasteiger partial charge in [0.2, 0.25) is 0 Å². The number of ether oxygens (including phenoxy) is 1. The summed E-state index contributed by atoms with van der Waals surface area (Å²) in [5.41, 5.74) is 6.79. The summed E-state index contributed by atoms with van der Waals surface area (Å²) in [6.45, 7) is 3.23. The molecule has 3 rings (SSSR count). The fourth-order valence-electron chi connectivity index (χ4n) is 2.64. The van der Waals surface area contributed by atoms with E-state index >= 15 is 0 Å². The number of rotatable bonds is 6. The van der Waals surface area contributed by atoms with E-state index in [-0.39, 0.29) is 5.91 Å². The van der Waals surface area contributed by atoms with Gasteiger partial charge in [-0.2, -0.15) is 0 Å². The molecule has 0 bridgehead atoms. The molecule has 0 spiro atoms. The van der Waals surface area contributed by atoms with Crippen LogP contribution in [0.4, 0.5) is 0 Å². The van der Waals surface area contributed by atoms with Gasteiger partial charge < -0.3 is 10.1 Å². The lowest BCUT2D eigenvalue weighted by Crippen LogP contribution is -2.46. The van der Waals surface area contributed by atoms with Crippen molar-refractivity contribution in [3.05, 3.63) is 77.9 Å². The van der Waals surface area contributed by atoms with Crippen molar-refractivity contribution in [3.8, 4) is 5.75 Å². The average Bonchev–Trinajstić information content (AvgIpc) is 2.74. The molecule has 0 fully saturated rings. The quantitative estimate of drug-likeness (QED) is 0.437. The molecule has 0 radical (unpaired) electrons. The molecule has 0 aliphatic rings. The maximum Gasteiger partial charge on any atom is 0.269 e. The standard InChI is InChI=1S/C22H23N3O2S/c1-2-13-23-22(28)25-24-21(26)18-9-7-16(8-10-18)15-27-20-12-11-17-5-3-4-6-19(17)14-20/h3-12,14H,2,13,15H2,1H3,(H,24,26)(H2,23,25,28). The fraction of sp³-hybridized carbons (Fsp3) is 0.182. The lowest BCUT2D eigenvalue weighted by molar-refractivity contribution is 0.0943. The van der Waals surface area contributed by atoms with Crippen LogP contribution in [0.2, 0.25) is 0 Å². The number of amides is 1. The van der Waals surface area contributed by atoms with Gasteiger partial charge in [-0.25, -0.2) is 0 Å². The van der Waals surface area contributed by atoms with E-state index < -0.39 is 0 Å². The van der Waals surface area contributed by atoms with E-state index in [4.69, 9.17) is 17.0 Å². The Hall–Kier alpha value is -3.12. The van der Waals surface area contributed by atoms with Crippen molar-refractivity contribution in [2.45, 2.75) is 20.0 Å². The minimum absolute atomic E-state index is 0.248. The topological polar surface area (TPSA) is 62.4 Å². The molecule has 0 atom stereocenters. The third-order valence-corrected chi connectivity index (χ3v) is 4.41. The molecule has 0 unspecified atom stereocenters. The van der Waals surface area contributed by atoms with Gasteiger partial charge in [0.1, 0.15) is 12.4 Å². The molecule has 6 heteroatoms. The van der Waals surface area contributed by atoms with Crippen molar-refractivity contribution in [2.24, 2.45) is 0 Å². The molecule has 3 aromatic rings. The van der Waals surface area contributed by atoms with Crippen LogP contribution in [0.1, 0.15) is 29.3 Å². The smallest absolute Gasteiger partial charge is 0.269 e. The molecule has 5 nitrogen and oxygen atoms in total. The third-order valence-electron chi connectivity index (χ3n) is 4.17. The van der Waals surface area contributed by atoms with Crippen LogP contribution >= 0.6 is 12.2 Å². The van der Waals surface area contributed by atoms with Gasteiger partial charge in [-0.3, -0.25) is 15.6 Å². The summed E-state index contributed by atoms with van der Waals surface area (Å²) in [7, 11) is 0. The minimum Gasteiger partial charge on any atom is -0.489 e. The van der Waals surface area contributed by atoms with Crippen LogP contribution in [0.25, 0.3) is 10.8 Å². The maximum atomic E-state index is 12.1. The van der Waals surface area contributed by atoms with Crippen LogP contribution in [-0.4, -0.2) is 17.6 Å². The summed E-state index contributed by atoms with van der Waals surface area (Å²) in [5, 5.41) is 5.71. The second-order valence-electron chi connectivity index (χ2n) is 6.33. The molecule has 0 aliphatic heterocycles. The molecular formula is C22H23N3O2S. The Bertz CT molecular complexity index is 957. The zero-order valence-electron chi connectivity index (χ0n) is 15.7. The Morgan fingerprint density at radius 2 is 1.71 bits per heavy atom. The van der Waals surface area contributed by atoms with E-state index in [1.165, 1.54) is 5.39 Å². The van der Waals surface area contributed by atoms with Gasteiger partial charge in [-0.15, -0.1) is 0 Å². The number of hydrazine groups is 1. The van der Waals surface area contributed by atoms with E-state index in [2.05, 4.69) is 28.3 Å². The molecule has 144 valence electrons. The molecule has 0 aromatic heterocycles. The van der Waals surface area contributed by atoms with Gasteiger partial charge in [-0.05, 0) is 59.2 Å². The molecule has 1 amide bonds. The van der Waals surface area contributed by atoms with E-state index in [1.807, 2.05) is 49.4 Å². The number of carbonyl (C=O) groups is 1. The molecule has 0 saturated heterocycles.